The minimum Gasteiger partial charge on any atom is -0.480 e. The Labute approximate surface area is 103 Å². The maximum Gasteiger partial charge on any atom is 0.328 e. The lowest BCUT2D eigenvalue weighted by molar-refractivity contribution is -0.142. The first kappa shape index (κ1) is 13.4. The van der Waals surface area contributed by atoms with Gasteiger partial charge < -0.3 is 15.7 Å². The van der Waals surface area contributed by atoms with Crippen LogP contribution in [0, 0.1) is 0 Å². The average molecular weight is 257 g/mol. The standard InChI is InChI=1S/C10H15N3O3S/c1-6(7-11-4-5-17-7)12-9(16)13-10(2,3)8(14)15/h4-6H,1-3H3,(H,14,15)(H2,12,13,16). The van der Waals surface area contributed by atoms with Gasteiger partial charge in [0.1, 0.15) is 10.5 Å². The quantitative estimate of drug-likeness (QED) is 0.759. The molecular formula is C10H15N3O3S. The Balaban J connectivity index is 2.53. The van der Waals surface area contributed by atoms with Crippen LogP contribution in [0.25, 0.3) is 0 Å². The van der Waals surface area contributed by atoms with Crippen LogP contribution < -0.4 is 10.6 Å². The SMILES string of the molecule is CC(NC(=O)NC(C)(C)C(=O)O)c1nccs1. The van der Waals surface area contributed by atoms with Crippen LogP contribution in [0.15, 0.2) is 11.6 Å². The number of hydrogen-bond acceptors (Lipinski definition) is 4. The van der Waals surface area contributed by atoms with E-state index in [0.29, 0.717) is 0 Å². The van der Waals surface area contributed by atoms with Crippen LogP contribution in [0.2, 0.25) is 0 Å². The number of thiazole rings is 1. The summed E-state index contributed by atoms with van der Waals surface area (Å²) in [6.45, 7) is 4.62. The zero-order valence-corrected chi connectivity index (χ0v) is 10.7. The van der Waals surface area contributed by atoms with E-state index in [1.807, 2.05) is 5.38 Å². The largest absolute Gasteiger partial charge is 0.480 e. The summed E-state index contributed by atoms with van der Waals surface area (Å²) in [4.78, 5) is 26.4. The van der Waals surface area contributed by atoms with Crippen LogP contribution in [-0.4, -0.2) is 27.6 Å². The van der Waals surface area contributed by atoms with E-state index in [-0.39, 0.29) is 6.04 Å². The van der Waals surface area contributed by atoms with E-state index >= 15 is 0 Å². The van der Waals surface area contributed by atoms with Gasteiger partial charge in [0.05, 0.1) is 6.04 Å². The van der Waals surface area contributed by atoms with Crippen molar-refractivity contribution in [1.82, 2.24) is 15.6 Å². The highest BCUT2D eigenvalue weighted by atomic mass is 32.1. The fourth-order valence-electron chi connectivity index (χ4n) is 1.08. The molecule has 0 saturated heterocycles. The average Bonchev–Trinajstić information content (AvgIpc) is 2.68. The van der Waals surface area contributed by atoms with Crippen LogP contribution in [0.4, 0.5) is 4.79 Å². The zero-order valence-electron chi connectivity index (χ0n) is 9.85. The van der Waals surface area contributed by atoms with Crippen molar-refractivity contribution in [2.75, 3.05) is 0 Å². The minimum absolute atomic E-state index is 0.250. The van der Waals surface area contributed by atoms with E-state index in [1.165, 1.54) is 25.2 Å². The molecule has 0 fully saturated rings. The fourth-order valence-corrected chi connectivity index (χ4v) is 1.73. The van der Waals surface area contributed by atoms with E-state index in [2.05, 4.69) is 15.6 Å². The Morgan fingerprint density at radius 1 is 1.53 bits per heavy atom. The van der Waals surface area contributed by atoms with Gasteiger partial charge in [-0.05, 0) is 20.8 Å². The summed E-state index contributed by atoms with van der Waals surface area (Å²) in [5, 5.41) is 16.4. The number of rotatable bonds is 4. The van der Waals surface area contributed by atoms with Gasteiger partial charge in [0.2, 0.25) is 0 Å². The molecule has 1 atom stereocenters. The van der Waals surface area contributed by atoms with Crippen molar-refractivity contribution < 1.29 is 14.7 Å². The number of aromatic nitrogens is 1. The molecule has 17 heavy (non-hydrogen) atoms. The van der Waals surface area contributed by atoms with Crippen molar-refractivity contribution >= 4 is 23.3 Å². The van der Waals surface area contributed by atoms with E-state index in [4.69, 9.17) is 5.11 Å². The molecule has 1 unspecified atom stereocenters. The van der Waals surface area contributed by atoms with Gasteiger partial charge in [-0.25, -0.2) is 14.6 Å². The van der Waals surface area contributed by atoms with Crippen LogP contribution in [0.3, 0.4) is 0 Å². The molecule has 7 heteroatoms. The van der Waals surface area contributed by atoms with Crippen molar-refractivity contribution in [2.24, 2.45) is 0 Å². The second-order valence-corrected chi connectivity index (χ2v) is 5.05. The molecule has 1 aromatic heterocycles. The Bertz CT molecular complexity index is 403. The molecule has 2 amide bonds. The summed E-state index contributed by atoms with van der Waals surface area (Å²) < 4.78 is 0. The first-order chi connectivity index (χ1) is 7.83. The molecule has 1 heterocycles. The minimum atomic E-state index is -1.30. The first-order valence-electron chi connectivity index (χ1n) is 5.04. The number of carboxylic acids is 1. The molecule has 0 bridgehead atoms. The number of nitrogens with one attached hydrogen (secondary N) is 2. The van der Waals surface area contributed by atoms with Gasteiger partial charge in [0.15, 0.2) is 0 Å². The summed E-state index contributed by atoms with van der Waals surface area (Å²) in [5.74, 6) is -1.09. The van der Waals surface area contributed by atoms with Crippen LogP contribution in [-0.2, 0) is 4.79 Å². The van der Waals surface area contributed by atoms with Gasteiger partial charge in [0, 0.05) is 11.6 Å². The molecule has 94 valence electrons. The van der Waals surface area contributed by atoms with Crippen molar-refractivity contribution in [3.63, 3.8) is 0 Å². The van der Waals surface area contributed by atoms with Crippen molar-refractivity contribution in [2.45, 2.75) is 32.4 Å². The summed E-state index contributed by atoms with van der Waals surface area (Å²) in [6.07, 6.45) is 1.65. The number of hydrogen-bond donors (Lipinski definition) is 3. The van der Waals surface area contributed by atoms with Gasteiger partial charge in [-0.2, -0.15) is 0 Å². The normalized spacial score (nSPS) is 12.9. The zero-order chi connectivity index (χ0) is 13.1. The highest BCUT2D eigenvalue weighted by molar-refractivity contribution is 7.09. The lowest BCUT2D eigenvalue weighted by Crippen LogP contribution is -2.53. The highest BCUT2D eigenvalue weighted by Gasteiger charge is 2.29. The second-order valence-electron chi connectivity index (χ2n) is 4.12. The Morgan fingerprint density at radius 3 is 2.65 bits per heavy atom. The van der Waals surface area contributed by atoms with Crippen molar-refractivity contribution in [3.05, 3.63) is 16.6 Å². The summed E-state index contributed by atoms with van der Waals surface area (Å²) >= 11 is 1.43. The molecule has 0 aliphatic rings. The summed E-state index contributed by atoms with van der Waals surface area (Å²) in [7, 11) is 0. The predicted molar refractivity (Wildman–Crippen MR) is 63.9 cm³/mol. The van der Waals surface area contributed by atoms with Gasteiger partial charge in [0.25, 0.3) is 0 Å². The van der Waals surface area contributed by atoms with E-state index in [1.54, 1.807) is 13.1 Å². The molecule has 0 radical (unpaired) electrons. The van der Waals surface area contributed by atoms with Crippen LogP contribution in [0.5, 0.6) is 0 Å². The third-order valence-electron chi connectivity index (χ3n) is 2.13. The van der Waals surface area contributed by atoms with E-state index in [9.17, 15) is 9.59 Å². The maximum atomic E-state index is 11.6. The monoisotopic (exact) mass is 257 g/mol. The molecule has 0 aromatic carbocycles. The number of nitrogens with zero attached hydrogens (tertiary/aromatic N) is 1. The molecular weight excluding hydrogens is 242 g/mol. The van der Waals surface area contributed by atoms with Gasteiger partial charge >= 0.3 is 12.0 Å². The van der Waals surface area contributed by atoms with Gasteiger partial charge in [-0.15, -0.1) is 11.3 Å². The third kappa shape index (κ3) is 3.70. The lowest BCUT2D eigenvalue weighted by atomic mass is 10.1. The number of carbonyl (C=O) groups is 2. The maximum absolute atomic E-state index is 11.6. The molecule has 0 aliphatic carbocycles. The number of carboxylic acid groups (broad SMARTS) is 1. The van der Waals surface area contributed by atoms with Crippen molar-refractivity contribution in [1.29, 1.82) is 0 Å². The highest BCUT2D eigenvalue weighted by Crippen LogP contribution is 2.14. The van der Waals surface area contributed by atoms with Gasteiger partial charge in [-0.1, -0.05) is 0 Å². The molecule has 0 saturated carbocycles. The Kier molecular flexibility index (Phi) is 4.06. The Morgan fingerprint density at radius 2 is 2.18 bits per heavy atom. The molecule has 0 spiro atoms. The Hall–Kier alpha value is -1.63. The molecule has 0 aliphatic heterocycles. The fraction of sp³-hybridized carbons (Fsp3) is 0.500. The number of urea groups is 1. The predicted octanol–water partition coefficient (Wildman–Crippen LogP) is 1.37. The number of amides is 2. The molecule has 1 aromatic rings. The van der Waals surface area contributed by atoms with E-state index < -0.39 is 17.5 Å². The molecule has 1 rings (SSSR count). The lowest BCUT2D eigenvalue weighted by Gasteiger charge is -2.22. The molecule has 6 nitrogen and oxygen atoms in total. The number of carbonyl (C=O) groups excluding carboxylic acids is 1. The summed E-state index contributed by atoms with van der Waals surface area (Å²) in [6, 6.07) is -0.778. The smallest absolute Gasteiger partial charge is 0.328 e. The summed E-state index contributed by atoms with van der Waals surface area (Å²) in [5.41, 5.74) is -1.30. The topological polar surface area (TPSA) is 91.3 Å². The number of aliphatic carboxylic acids is 1. The van der Waals surface area contributed by atoms with Crippen LogP contribution in [0.1, 0.15) is 31.8 Å². The van der Waals surface area contributed by atoms with E-state index in [0.717, 1.165) is 5.01 Å². The molecule has 3 N–H and O–H groups in total. The van der Waals surface area contributed by atoms with Gasteiger partial charge in [-0.3, -0.25) is 0 Å². The second kappa shape index (κ2) is 5.13. The van der Waals surface area contributed by atoms with Crippen molar-refractivity contribution in [3.8, 4) is 0 Å². The first-order valence-corrected chi connectivity index (χ1v) is 5.92. The van der Waals surface area contributed by atoms with Crippen LogP contribution >= 0.6 is 11.3 Å². The third-order valence-corrected chi connectivity index (χ3v) is 3.09.